The number of carbonyl (C=O) groups is 1. The first-order chi connectivity index (χ1) is 7.70. The molecule has 2 aliphatic heterocycles. The van der Waals surface area contributed by atoms with Gasteiger partial charge in [-0.15, -0.1) is 0 Å². The van der Waals surface area contributed by atoms with Gasteiger partial charge in [-0.2, -0.15) is 0 Å². The van der Waals surface area contributed by atoms with E-state index in [9.17, 15) is 9.90 Å². The molecule has 3 aliphatic rings. The van der Waals surface area contributed by atoms with E-state index in [-0.39, 0.29) is 18.1 Å². The molecule has 0 aromatic rings. The normalized spacial score (nSPS) is 39.8. The van der Waals surface area contributed by atoms with Crippen molar-refractivity contribution in [2.45, 2.75) is 18.9 Å². The van der Waals surface area contributed by atoms with Crippen LogP contribution >= 0.6 is 0 Å². The van der Waals surface area contributed by atoms with Crippen molar-refractivity contribution in [1.82, 2.24) is 4.90 Å². The van der Waals surface area contributed by atoms with E-state index in [4.69, 9.17) is 9.84 Å². The summed E-state index contributed by atoms with van der Waals surface area (Å²) >= 11 is 0. The molecule has 0 aromatic heterocycles. The third-order valence-corrected chi connectivity index (χ3v) is 4.79. The molecule has 3 rings (SSSR count). The van der Waals surface area contributed by atoms with Gasteiger partial charge in [-0.3, -0.25) is 0 Å². The number of amides is 1. The Morgan fingerprint density at radius 1 is 1.44 bits per heavy atom. The van der Waals surface area contributed by atoms with E-state index >= 15 is 0 Å². The van der Waals surface area contributed by atoms with E-state index in [0.29, 0.717) is 18.4 Å². The second-order valence-corrected chi connectivity index (χ2v) is 5.16. The fraction of sp³-hybridized carbons (Fsp3) is 0.909. The van der Waals surface area contributed by atoms with Gasteiger partial charge in [0.05, 0.1) is 12.6 Å². The number of rotatable bonds is 1. The number of ether oxygens (including phenoxy) is 1. The van der Waals surface area contributed by atoms with Crippen LogP contribution in [0.15, 0.2) is 0 Å². The Morgan fingerprint density at radius 2 is 2.12 bits per heavy atom. The van der Waals surface area contributed by atoms with Crippen molar-refractivity contribution in [2.24, 2.45) is 17.3 Å². The fourth-order valence-electron chi connectivity index (χ4n) is 3.99. The molecule has 5 heteroatoms. The Labute approximate surface area is 94.0 Å². The zero-order chi connectivity index (χ0) is 11.3. The zero-order valence-corrected chi connectivity index (χ0v) is 9.13. The molecule has 2 N–H and O–H groups in total. The Morgan fingerprint density at radius 3 is 2.69 bits per heavy atom. The molecular weight excluding hydrogens is 210 g/mol. The van der Waals surface area contributed by atoms with Crippen LogP contribution in [-0.4, -0.2) is 53.6 Å². The van der Waals surface area contributed by atoms with Crippen LogP contribution < -0.4 is 0 Å². The van der Waals surface area contributed by atoms with Crippen LogP contribution in [0.25, 0.3) is 0 Å². The number of aliphatic hydroxyl groups is 1. The maximum absolute atomic E-state index is 11.0. The summed E-state index contributed by atoms with van der Waals surface area (Å²) in [6.45, 7) is 2.14. The Bertz CT molecular complexity index is 313. The van der Waals surface area contributed by atoms with Crippen molar-refractivity contribution < 1.29 is 19.7 Å². The SMILES string of the molecule is O=C(O)N1C[C@H]2[C@@H]([C@H]1CO)C21CCOCC1. The summed E-state index contributed by atoms with van der Waals surface area (Å²) in [6.07, 6.45) is 1.17. The summed E-state index contributed by atoms with van der Waals surface area (Å²) < 4.78 is 5.36. The number of aliphatic hydroxyl groups excluding tert-OH is 1. The average Bonchev–Trinajstić information content (AvgIpc) is 2.74. The summed E-state index contributed by atoms with van der Waals surface area (Å²) in [7, 11) is 0. The summed E-state index contributed by atoms with van der Waals surface area (Å²) in [4.78, 5) is 12.4. The van der Waals surface area contributed by atoms with Crippen molar-refractivity contribution >= 4 is 6.09 Å². The van der Waals surface area contributed by atoms with Crippen LogP contribution in [0.3, 0.4) is 0 Å². The van der Waals surface area contributed by atoms with Crippen molar-refractivity contribution in [3.63, 3.8) is 0 Å². The topological polar surface area (TPSA) is 70.0 Å². The molecule has 1 saturated carbocycles. The minimum Gasteiger partial charge on any atom is -0.465 e. The van der Waals surface area contributed by atoms with Crippen LogP contribution in [0.2, 0.25) is 0 Å². The molecule has 5 nitrogen and oxygen atoms in total. The Hall–Kier alpha value is -0.810. The largest absolute Gasteiger partial charge is 0.465 e. The van der Waals surface area contributed by atoms with E-state index in [0.717, 1.165) is 26.1 Å². The molecule has 1 aliphatic carbocycles. The Balaban J connectivity index is 1.77. The van der Waals surface area contributed by atoms with E-state index in [1.807, 2.05) is 0 Å². The number of likely N-dealkylation sites (tertiary alicyclic amines) is 1. The van der Waals surface area contributed by atoms with Crippen LogP contribution in [0.5, 0.6) is 0 Å². The molecular formula is C11H17NO4. The first-order valence-corrected chi connectivity index (χ1v) is 5.89. The van der Waals surface area contributed by atoms with Gasteiger partial charge in [0.1, 0.15) is 0 Å². The molecule has 0 radical (unpaired) electrons. The number of hydrogen-bond donors (Lipinski definition) is 2. The maximum atomic E-state index is 11.0. The van der Waals surface area contributed by atoms with Crippen LogP contribution in [0.4, 0.5) is 4.79 Å². The predicted octanol–water partition coefficient (Wildman–Crippen LogP) is 0.384. The highest BCUT2D eigenvalue weighted by molar-refractivity contribution is 5.66. The van der Waals surface area contributed by atoms with Gasteiger partial charge in [0.15, 0.2) is 0 Å². The zero-order valence-electron chi connectivity index (χ0n) is 9.13. The van der Waals surface area contributed by atoms with Gasteiger partial charge < -0.3 is 19.8 Å². The number of carboxylic acid groups (broad SMARTS) is 1. The number of nitrogens with zero attached hydrogens (tertiary/aromatic N) is 1. The lowest BCUT2D eigenvalue weighted by molar-refractivity contribution is 0.0229. The lowest BCUT2D eigenvalue weighted by Crippen LogP contribution is -2.43. The van der Waals surface area contributed by atoms with E-state index in [1.54, 1.807) is 0 Å². The third kappa shape index (κ3) is 1.16. The van der Waals surface area contributed by atoms with Crippen LogP contribution in [0, 0.1) is 17.3 Å². The molecule has 2 heterocycles. The first kappa shape index (κ1) is 10.4. The van der Waals surface area contributed by atoms with E-state index < -0.39 is 6.09 Å². The second-order valence-electron chi connectivity index (χ2n) is 5.16. The molecule has 90 valence electrons. The Kier molecular flexibility index (Phi) is 2.16. The van der Waals surface area contributed by atoms with Crippen molar-refractivity contribution in [2.75, 3.05) is 26.4 Å². The number of hydrogen-bond acceptors (Lipinski definition) is 3. The summed E-state index contributed by atoms with van der Waals surface area (Å²) in [5.74, 6) is 0.835. The molecule has 0 bridgehead atoms. The summed E-state index contributed by atoms with van der Waals surface area (Å²) in [5, 5.41) is 18.4. The second kappa shape index (κ2) is 3.34. The monoisotopic (exact) mass is 227 g/mol. The van der Waals surface area contributed by atoms with Gasteiger partial charge >= 0.3 is 6.09 Å². The molecule has 0 aromatic carbocycles. The van der Waals surface area contributed by atoms with E-state index in [1.165, 1.54) is 4.90 Å². The smallest absolute Gasteiger partial charge is 0.407 e. The first-order valence-electron chi connectivity index (χ1n) is 5.89. The highest BCUT2D eigenvalue weighted by Crippen LogP contribution is 2.69. The van der Waals surface area contributed by atoms with Gasteiger partial charge in [0.25, 0.3) is 0 Å². The fourth-order valence-corrected chi connectivity index (χ4v) is 3.99. The minimum atomic E-state index is -0.895. The molecule has 3 fully saturated rings. The molecule has 0 unspecified atom stereocenters. The predicted molar refractivity (Wildman–Crippen MR) is 55.1 cm³/mol. The number of piperidine rings is 1. The molecule has 2 saturated heterocycles. The van der Waals surface area contributed by atoms with Gasteiger partial charge in [-0.05, 0) is 30.1 Å². The van der Waals surface area contributed by atoms with Gasteiger partial charge in [0.2, 0.25) is 0 Å². The number of fused-ring (bicyclic) bond motifs is 3. The summed E-state index contributed by atoms with van der Waals surface area (Å²) in [5.41, 5.74) is 0.289. The molecule has 1 spiro atoms. The maximum Gasteiger partial charge on any atom is 0.407 e. The summed E-state index contributed by atoms with van der Waals surface area (Å²) in [6, 6.07) is -0.180. The molecule has 16 heavy (non-hydrogen) atoms. The van der Waals surface area contributed by atoms with Crippen LogP contribution in [0.1, 0.15) is 12.8 Å². The van der Waals surface area contributed by atoms with Gasteiger partial charge in [0, 0.05) is 19.8 Å². The molecule has 1 amide bonds. The van der Waals surface area contributed by atoms with Crippen molar-refractivity contribution in [3.8, 4) is 0 Å². The van der Waals surface area contributed by atoms with Crippen molar-refractivity contribution in [1.29, 1.82) is 0 Å². The molecule has 3 atom stereocenters. The third-order valence-electron chi connectivity index (χ3n) is 4.79. The lowest BCUT2D eigenvalue weighted by atomic mass is 9.88. The van der Waals surface area contributed by atoms with E-state index in [2.05, 4.69) is 0 Å². The van der Waals surface area contributed by atoms with Crippen LogP contribution in [-0.2, 0) is 4.74 Å². The lowest BCUT2D eigenvalue weighted by Gasteiger charge is -2.32. The quantitative estimate of drug-likeness (QED) is 0.679. The van der Waals surface area contributed by atoms with Gasteiger partial charge in [-0.25, -0.2) is 4.79 Å². The standard InChI is InChI=1S/C11H17NO4/c13-6-8-9-7(5-12(8)10(14)15)11(9)1-3-16-4-2-11/h7-9,13H,1-6H2,(H,14,15)/t7-,8+,9-/m0/s1. The highest BCUT2D eigenvalue weighted by atomic mass is 16.5. The highest BCUT2D eigenvalue weighted by Gasteiger charge is 2.71. The van der Waals surface area contributed by atoms with Gasteiger partial charge in [-0.1, -0.05) is 0 Å². The minimum absolute atomic E-state index is 0.0456. The van der Waals surface area contributed by atoms with Crippen molar-refractivity contribution in [3.05, 3.63) is 0 Å². The average molecular weight is 227 g/mol.